The fourth-order valence-corrected chi connectivity index (χ4v) is 1.86. The highest BCUT2D eigenvalue weighted by atomic mass is 19.1. The predicted octanol–water partition coefficient (Wildman–Crippen LogP) is 3.03. The molecule has 0 heterocycles. The van der Waals surface area contributed by atoms with Crippen LogP contribution in [0.1, 0.15) is 25.8 Å². The van der Waals surface area contributed by atoms with E-state index in [1.807, 2.05) is 13.8 Å². The van der Waals surface area contributed by atoms with Crippen molar-refractivity contribution in [3.63, 3.8) is 0 Å². The van der Waals surface area contributed by atoms with Crippen LogP contribution in [0.3, 0.4) is 0 Å². The van der Waals surface area contributed by atoms with Crippen LogP contribution in [0.25, 0.3) is 0 Å². The van der Waals surface area contributed by atoms with Crippen LogP contribution in [0.15, 0.2) is 12.1 Å². The number of nitro benzene ring substituents is 1. The van der Waals surface area contributed by atoms with E-state index in [-0.39, 0.29) is 17.5 Å². The average Bonchev–Trinajstić information content (AvgIpc) is 2.38. The lowest BCUT2D eigenvalue weighted by Crippen LogP contribution is -2.30. The maximum absolute atomic E-state index is 13.6. The number of benzene rings is 1. The summed E-state index contributed by atoms with van der Waals surface area (Å²) in [5, 5.41) is 13.7. The van der Waals surface area contributed by atoms with Crippen LogP contribution >= 0.6 is 0 Å². The van der Waals surface area contributed by atoms with Crippen molar-refractivity contribution in [1.82, 2.24) is 5.32 Å². The van der Waals surface area contributed by atoms with E-state index < -0.39 is 22.2 Å². The molecule has 118 valence electrons. The van der Waals surface area contributed by atoms with E-state index in [1.165, 1.54) is 0 Å². The molecule has 1 rings (SSSR count). The molecule has 0 bridgehead atoms. The summed E-state index contributed by atoms with van der Waals surface area (Å²) in [4.78, 5) is 9.79. The first-order chi connectivity index (χ1) is 9.76. The van der Waals surface area contributed by atoms with E-state index >= 15 is 0 Å². The van der Waals surface area contributed by atoms with Crippen molar-refractivity contribution in [3.8, 4) is 0 Å². The first kappa shape index (κ1) is 17.5. The fraction of sp³-hybridized carbons (Fsp3) is 0.571. The van der Waals surface area contributed by atoms with Gasteiger partial charge >= 0.3 is 5.69 Å². The van der Waals surface area contributed by atoms with Gasteiger partial charge in [-0.2, -0.15) is 4.39 Å². The first-order valence-corrected chi connectivity index (χ1v) is 6.59. The number of nitro groups is 1. The second kappa shape index (κ2) is 7.42. The minimum atomic E-state index is -1.17. The van der Waals surface area contributed by atoms with Gasteiger partial charge in [0.25, 0.3) is 0 Å². The van der Waals surface area contributed by atoms with Crippen LogP contribution in [0.5, 0.6) is 0 Å². The molecule has 0 aliphatic heterocycles. The van der Waals surface area contributed by atoms with Crippen molar-refractivity contribution in [2.45, 2.75) is 26.8 Å². The highest BCUT2D eigenvalue weighted by Gasteiger charge is 2.20. The zero-order valence-electron chi connectivity index (χ0n) is 12.4. The van der Waals surface area contributed by atoms with E-state index in [2.05, 4.69) is 5.32 Å². The van der Waals surface area contributed by atoms with Gasteiger partial charge in [-0.3, -0.25) is 10.1 Å². The van der Waals surface area contributed by atoms with Gasteiger partial charge in [-0.15, -0.1) is 0 Å². The zero-order chi connectivity index (χ0) is 16.0. The van der Waals surface area contributed by atoms with E-state index in [4.69, 9.17) is 4.74 Å². The molecule has 0 atom stereocenters. The molecule has 0 unspecified atom stereocenters. The topological polar surface area (TPSA) is 64.4 Å². The Morgan fingerprint density at radius 2 is 2.00 bits per heavy atom. The molecule has 0 aliphatic rings. The van der Waals surface area contributed by atoms with Crippen LogP contribution in [0, 0.1) is 27.2 Å². The molecule has 0 fully saturated rings. The zero-order valence-corrected chi connectivity index (χ0v) is 12.4. The summed E-state index contributed by atoms with van der Waals surface area (Å²) in [6.45, 7) is 5.36. The third-order valence-corrected chi connectivity index (χ3v) is 3.21. The molecule has 0 aromatic heterocycles. The van der Waals surface area contributed by atoms with Crippen LogP contribution < -0.4 is 5.32 Å². The minimum absolute atomic E-state index is 0.0571. The summed E-state index contributed by atoms with van der Waals surface area (Å²) in [5.41, 5.74) is -0.698. The lowest BCUT2D eigenvalue weighted by atomic mass is 9.89. The molecule has 0 saturated carbocycles. The van der Waals surface area contributed by atoms with Crippen molar-refractivity contribution >= 4 is 5.69 Å². The van der Waals surface area contributed by atoms with E-state index in [9.17, 15) is 18.9 Å². The summed E-state index contributed by atoms with van der Waals surface area (Å²) >= 11 is 0. The summed E-state index contributed by atoms with van der Waals surface area (Å²) < 4.78 is 31.8. The normalized spacial score (nSPS) is 11.7. The number of halogens is 2. The second-order valence-corrected chi connectivity index (χ2v) is 5.66. The molecular formula is C14H20F2N2O3. The van der Waals surface area contributed by atoms with Gasteiger partial charge in [0.2, 0.25) is 5.82 Å². The van der Waals surface area contributed by atoms with Crippen molar-refractivity contribution in [3.05, 3.63) is 39.4 Å². The van der Waals surface area contributed by atoms with Gasteiger partial charge in [0.15, 0.2) is 0 Å². The maximum Gasteiger partial charge on any atom is 0.305 e. The number of hydrogen-bond donors (Lipinski definition) is 1. The van der Waals surface area contributed by atoms with E-state index in [0.29, 0.717) is 19.2 Å². The van der Waals surface area contributed by atoms with Crippen LogP contribution in [-0.2, 0) is 11.3 Å². The Morgan fingerprint density at radius 3 is 2.57 bits per heavy atom. The van der Waals surface area contributed by atoms with Crippen molar-refractivity contribution in [2.24, 2.45) is 5.41 Å². The SMILES string of the molecule is COCCC(C)(C)CNCc1cc([N+](=O)[O-])c(F)cc1F. The van der Waals surface area contributed by atoms with Crippen LogP contribution in [0.4, 0.5) is 14.5 Å². The van der Waals surface area contributed by atoms with Crippen molar-refractivity contribution < 1.29 is 18.4 Å². The van der Waals surface area contributed by atoms with Crippen LogP contribution in [0.2, 0.25) is 0 Å². The quantitative estimate of drug-likeness (QED) is 0.592. The number of hydrogen-bond acceptors (Lipinski definition) is 4. The molecule has 0 radical (unpaired) electrons. The molecule has 5 nitrogen and oxygen atoms in total. The Kier molecular flexibility index (Phi) is 6.17. The average molecular weight is 302 g/mol. The third kappa shape index (κ3) is 5.35. The number of nitrogens with zero attached hydrogens (tertiary/aromatic N) is 1. The third-order valence-electron chi connectivity index (χ3n) is 3.21. The van der Waals surface area contributed by atoms with Gasteiger partial charge in [0.1, 0.15) is 5.82 Å². The molecule has 1 aromatic carbocycles. The number of rotatable bonds is 8. The Bertz CT molecular complexity index is 507. The molecule has 0 amide bonds. The lowest BCUT2D eigenvalue weighted by Gasteiger charge is -2.24. The molecule has 21 heavy (non-hydrogen) atoms. The van der Waals surface area contributed by atoms with Crippen molar-refractivity contribution in [1.29, 1.82) is 0 Å². The van der Waals surface area contributed by atoms with Gasteiger partial charge in [0, 0.05) is 44.5 Å². The van der Waals surface area contributed by atoms with E-state index in [1.54, 1.807) is 7.11 Å². The monoisotopic (exact) mass is 302 g/mol. The molecule has 1 N–H and O–H groups in total. The molecular weight excluding hydrogens is 282 g/mol. The molecule has 0 aliphatic carbocycles. The Balaban J connectivity index is 2.67. The summed E-state index contributed by atoms with van der Waals surface area (Å²) in [6, 6.07) is 1.48. The number of methoxy groups -OCH3 is 1. The maximum atomic E-state index is 13.6. The van der Waals surface area contributed by atoms with E-state index in [0.717, 1.165) is 12.5 Å². The largest absolute Gasteiger partial charge is 0.385 e. The van der Waals surface area contributed by atoms with Gasteiger partial charge < -0.3 is 10.1 Å². The Hall–Kier alpha value is -1.60. The predicted molar refractivity (Wildman–Crippen MR) is 75.0 cm³/mol. The van der Waals surface area contributed by atoms with Crippen molar-refractivity contribution in [2.75, 3.05) is 20.3 Å². The smallest absolute Gasteiger partial charge is 0.305 e. The Labute approximate surface area is 122 Å². The fourth-order valence-electron chi connectivity index (χ4n) is 1.86. The summed E-state index contributed by atoms with van der Waals surface area (Å²) in [7, 11) is 1.62. The van der Waals surface area contributed by atoms with Gasteiger partial charge in [-0.25, -0.2) is 4.39 Å². The standard InChI is InChI=1S/C14H20F2N2O3/c1-14(2,4-5-21-3)9-17-8-10-6-13(18(19)20)12(16)7-11(10)15/h6-7,17H,4-5,8-9H2,1-3H3. The molecule has 0 saturated heterocycles. The highest BCUT2D eigenvalue weighted by Crippen LogP contribution is 2.22. The second-order valence-electron chi connectivity index (χ2n) is 5.66. The summed E-state index contributed by atoms with van der Waals surface area (Å²) in [6.07, 6.45) is 0.822. The Morgan fingerprint density at radius 1 is 1.33 bits per heavy atom. The first-order valence-electron chi connectivity index (χ1n) is 6.59. The van der Waals surface area contributed by atoms with Crippen LogP contribution in [-0.4, -0.2) is 25.2 Å². The highest BCUT2D eigenvalue weighted by molar-refractivity contribution is 5.37. The number of nitrogens with one attached hydrogen (secondary N) is 1. The molecule has 0 spiro atoms. The minimum Gasteiger partial charge on any atom is -0.385 e. The van der Waals surface area contributed by atoms with Gasteiger partial charge in [-0.1, -0.05) is 13.8 Å². The number of ether oxygens (including phenoxy) is 1. The van der Waals surface area contributed by atoms with Gasteiger partial charge in [0.05, 0.1) is 4.92 Å². The molecule has 1 aromatic rings. The molecule has 7 heteroatoms. The lowest BCUT2D eigenvalue weighted by molar-refractivity contribution is -0.387. The summed E-state index contributed by atoms with van der Waals surface area (Å²) in [5.74, 6) is -1.96. The van der Waals surface area contributed by atoms with Gasteiger partial charge in [-0.05, 0) is 11.8 Å².